The summed E-state index contributed by atoms with van der Waals surface area (Å²) in [6.07, 6.45) is 0. The fraction of sp³-hybridized carbons (Fsp3) is 0.133. The van der Waals surface area contributed by atoms with Crippen LogP contribution in [0, 0.1) is 11.6 Å². The third kappa shape index (κ3) is 4.25. The fourth-order valence-electron chi connectivity index (χ4n) is 1.73. The van der Waals surface area contributed by atoms with Gasteiger partial charge in [-0.05, 0) is 24.3 Å². The second-order valence-corrected chi connectivity index (χ2v) is 4.28. The Bertz CT molecular complexity index is 627. The lowest BCUT2D eigenvalue weighted by atomic mass is 10.2. The van der Waals surface area contributed by atoms with Crippen LogP contribution >= 0.6 is 0 Å². The summed E-state index contributed by atoms with van der Waals surface area (Å²) >= 11 is 0. The standard InChI is InChI=1S/C15H14F2N2O2/c16-11-6-10(7-12(17)8-11)15(20)19-13-2-1-3-14(9-13)21-5-4-18/h1-3,6-9H,4-5,18H2,(H,19,20). The van der Waals surface area contributed by atoms with Crippen molar-refractivity contribution in [3.8, 4) is 5.75 Å². The number of ether oxygens (including phenoxy) is 1. The van der Waals surface area contributed by atoms with Gasteiger partial charge in [-0.15, -0.1) is 0 Å². The topological polar surface area (TPSA) is 64.3 Å². The summed E-state index contributed by atoms with van der Waals surface area (Å²) < 4.78 is 31.5. The first-order valence-electron chi connectivity index (χ1n) is 6.29. The molecule has 2 rings (SSSR count). The van der Waals surface area contributed by atoms with E-state index in [2.05, 4.69) is 5.32 Å². The summed E-state index contributed by atoms with van der Waals surface area (Å²) in [6.45, 7) is 0.728. The van der Waals surface area contributed by atoms with E-state index in [0.717, 1.165) is 12.1 Å². The minimum absolute atomic E-state index is 0.0965. The van der Waals surface area contributed by atoms with Crippen molar-refractivity contribution in [1.29, 1.82) is 0 Å². The molecule has 0 unspecified atom stereocenters. The number of carbonyl (C=O) groups excluding carboxylic acids is 1. The van der Waals surface area contributed by atoms with Crippen molar-refractivity contribution >= 4 is 11.6 Å². The SMILES string of the molecule is NCCOc1cccc(NC(=O)c2cc(F)cc(F)c2)c1. The second-order valence-electron chi connectivity index (χ2n) is 4.28. The molecule has 6 heteroatoms. The normalized spacial score (nSPS) is 10.2. The van der Waals surface area contributed by atoms with Crippen LogP contribution in [0.15, 0.2) is 42.5 Å². The maximum Gasteiger partial charge on any atom is 0.255 e. The molecule has 0 aliphatic heterocycles. The monoisotopic (exact) mass is 292 g/mol. The molecule has 0 aromatic heterocycles. The van der Waals surface area contributed by atoms with Crippen LogP contribution in [0.4, 0.5) is 14.5 Å². The number of anilines is 1. The molecule has 0 fully saturated rings. The van der Waals surface area contributed by atoms with Crippen LogP contribution in [0.1, 0.15) is 10.4 Å². The number of rotatable bonds is 5. The van der Waals surface area contributed by atoms with E-state index < -0.39 is 17.5 Å². The Balaban J connectivity index is 2.11. The number of benzene rings is 2. The molecule has 0 heterocycles. The zero-order valence-electron chi connectivity index (χ0n) is 11.1. The first-order valence-corrected chi connectivity index (χ1v) is 6.29. The molecule has 110 valence electrons. The van der Waals surface area contributed by atoms with Gasteiger partial charge in [0.05, 0.1) is 0 Å². The molecule has 3 N–H and O–H groups in total. The molecule has 0 spiro atoms. The molecule has 0 saturated carbocycles. The predicted octanol–water partition coefficient (Wildman–Crippen LogP) is 2.55. The molecule has 0 bridgehead atoms. The van der Waals surface area contributed by atoms with Gasteiger partial charge < -0.3 is 15.8 Å². The maximum absolute atomic E-state index is 13.1. The minimum Gasteiger partial charge on any atom is -0.492 e. The van der Waals surface area contributed by atoms with Crippen LogP contribution in [0.3, 0.4) is 0 Å². The van der Waals surface area contributed by atoms with E-state index in [-0.39, 0.29) is 5.56 Å². The molecule has 0 aliphatic rings. The van der Waals surface area contributed by atoms with Crippen LogP contribution in [0.25, 0.3) is 0 Å². The molecule has 0 radical (unpaired) electrons. The van der Waals surface area contributed by atoms with Gasteiger partial charge in [0.15, 0.2) is 0 Å². The lowest BCUT2D eigenvalue weighted by Gasteiger charge is -2.08. The fourth-order valence-corrected chi connectivity index (χ4v) is 1.73. The summed E-state index contributed by atoms with van der Waals surface area (Å²) in [5.74, 6) is -1.67. The Labute approximate surface area is 120 Å². The van der Waals surface area contributed by atoms with Crippen molar-refractivity contribution < 1.29 is 18.3 Å². The second kappa shape index (κ2) is 6.81. The summed E-state index contributed by atoms with van der Waals surface area (Å²) in [5.41, 5.74) is 5.69. The lowest BCUT2D eigenvalue weighted by Crippen LogP contribution is -2.13. The summed E-state index contributed by atoms with van der Waals surface area (Å²) in [4.78, 5) is 11.9. The Kier molecular flexibility index (Phi) is 4.84. The Morgan fingerprint density at radius 3 is 2.52 bits per heavy atom. The van der Waals surface area contributed by atoms with Gasteiger partial charge in [-0.2, -0.15) is 0 Å². The predicted molar refractivity (Wildman–Crippen MR) is 75.3 cm³/mol. The molecule has 0 atom stereocenters. The number of nitrogens with one attached hydrogen (secondary N) is 1. The number of hydrogen-bond donors (Lipinski definition) is 2. The highest BCUT2D eigenvalue weighted by Crippen LogP contribution is 2.18. The van der Waals surface area contributed by atoms with Crippen LogP contribution < -0.4 is 15.8 Å². The van der Waals surface area contributed by atoms with Crippen molar-refractivity contribution in [1.82, 2.24) is 0 Å². The number of amides is 1. The summed E-state index contributed by atoms with van der Waals surface area (Å²) in [5, 5.41) is 2.55. The van der Waals surface area contributed by atoms with Crippen molar-refractivity contribution in [2.24, 2.45) is 5.73 Å². The number of carbonyl (C=O) groups is 1. The van der Waals surface area contributed by atoms with Gasteiger partial charge in [-0.3, -0.25) is 4.79 Å². The van der Waals surface area contributed by atoms with Gasteiger partial charge in [-0.25, -0.2) is 8.78 Å². The van der Waals surface area contributed by atoms with E-state index >= 15 is 0 Å². The van der Waals surface area contributed by atoms with Gasteiger partial charge in [-0.1, -0.05) is 6.07 Å². The van der Waals surface area contributed by atoms with Gasteiger partial charge in [0.25, 0.3) is 5.91 Å². The first-order chi connectivity index (χ1) is 10.1. The molecule has 1 amide bonds. The average molecular weight is 292 g/mol. The van der Waals surface area contributed by atoms with Gasteiger partial charge in [0.1, 0.15) is 24.0 Å². The Morgan fingerprint density at radius 1 is 1.14 bits per heavy atom. The summed E-state index contributed by atoms with van der Waals surface area (Å²) in [6, 6.07) is 9.28. The van der Waals surface area contributed by atoms with Crippen LogP contribution in [-0.2, 0) is 0 Å². The Morgan fingerprint density at radius 2 is 1.86 bits per heavy atom. The molecular weight excluding hydrogens is 278 g/mol. The van der Waals surface area contributed by atoms with E-state index in [1.807, 2.05) is 0 Å². The Hall–Kier alpha value is -2.47. The summed E-state index contributed by atoms with van der Waals surface area (Å²) in [7, 11) is 0. The average Bonchev–Trinajstić information content (AvgIpc) is 2.44. The lowest BCUT2D eigenvalue weighted by molar-refractivity contribution is 0.102. The van der Waals surface area contributed by atoms with Gasteiger partial charge in [0.2, 0.25) is 0 Å². The van der Waals surface area contributed by atoms with E-state index in [1.54, 1.807) is 24.3 Å². The molecular formula is C15H14F2N2O2. The van der Waals surface area contributed by atoms with Crippen LogP contribution in [0.2, 0.25) is 0 Å². The number of nitrogens with two attached hydrogens (primary N) is 1. The number of halogens is 2. The highest BCUT2D eigenvalue weighted by atomic mass is 19.1. The number of hydrogen-bond acceptors (Lipinski definition) is 3. The van der Waals surface area contributed by atoms with E-state index in [0.29, 0.717) is 30.7 Å². The van der Waals surface area contributed by atoms with Crippen LogP contribution in [0.5, 0.6) is 5.75 Å². The van der Waals surface area contributed by atoms with Crippen molar-refractivity contribution in [3.63, 3.8) is 0 Å². The van der Waals surface area contributed by atoms with Crippen molar-refractivity contribution in [3.05, 3.63) is 59.7 Å². The van der Waals surface area contributed by atoms with Crippen molar-refractivity contribution in [2.75, 3.05) is 18.5 Å². The van der Waals surface area contributed by atoms with E-state index in [4.69, 9.17) is 10.5 Å². The first kappa shape index (κ1) is 14.9. The highest BCUT2D eigenvalue weighted by molar-refractivity contribution is 6.04. The van der Waals surface area contributed by atoms with Gasteiger partial charge >= 0.3 is 0 Å². The quantitative estimate of drug-likeness (QED) is 0.890. The largest absolute Gasteiger partial charge is 0.492 e. The van der Waals surface area contributed by atoms with Crippen LogP contribution in [-0.4, -0.2) is 19.1 Å². The molecule has 21 heavy (non-hydrogen) atoms. The molecule has 2 aromatic rings. The molecule has 0 aliphatic carbocycles. The third-order valence-corrected chi connectivity index (χ3v) is 2.60. The van der Waals surface area contributed by atoms with E-state index in [9.17, 15) is 13.6 Å². The van der Waals surface area contributed by atoms with E-state index in [1.165, 1.54) is 0 Å². The zero-order chi connectivity index (χ0) is 15.2. The zero-order valence-corrected chi connectivity index (χ0v) is 11.1. The third-order valence-electron chi connectivity index (χ3n) is 2.60. The molecule has 4 nitrogen and oxygen atoms in total. The molecule has 2 aromatic carbocycles. The highest BCUT2D eigenvalue weighted by Gasteiger charge is 2.10. The van der Waals surface area contributed by atoms with Gasteiger partial charge in [0, 0.05) is 29.9 Å². The maximum atomic E-state index is 13.1. The molecule has 0 saturated heterocycles. The minimum atomic E-state index is -0.805. The van der Waals surface area contributed by atoms with Crippen molar-refractivity contribution in [2.45, 2.75) is 0 Å². The smallest absolute Gasteiger partial charge is 0.255 e.